The van der Waals surface area contributed by atoms with E-state index in [1.165, 1.54) is 0 Å². The molecule has 0 aliphatic rings. The molecule has 1 aromatic rings. The summed E-state index contributed by atoms with van der Waals surface area (Å²) in [4.78, 5) is 22.1. The molecule has 5 heteroatoms. The van der Waals surface area contributed by atoms with E-state index in [1.807, 2.05) is 30.3 Å². The van der Waals surface area contributed by atoms with Gasteiger partial charge in [-0.3, -0.25) is 4.79 Å². The molecule has 4 nitrogen and oxygen atoms in total. The van der Waals surface area contributed by atoms with Crippen LogP contribution < -0.4 is 5.32 Å². The van der Waals surface area contributed by atoms with E-state index in [-0.39, 0.29) is 12.3 Å². The predicted molar refractivity (Wildman–Crippen MR) is 68.1 cm³/mol. The molecule has 0 saturated heterocycles. The van der Waals surface area contributed by atoms with Gasteiger partial charge in [-0.25, -0.2) is 4.79 Å². The fourth-order valence-corrected chi connectivity index (χ4v) is 1.47. The zero-order valence-electron chi connectivity index (χ0n) is 9.39. The molecule has 0 aliphatic carbocycles. The topological polar surface area (TPSA) is 66.4 Å². The number of nitrogens with one attached hydrogen (secondary N) is 1. The van der Waals surface area contributed by atoms with Crippen molar-refractivity contribution in [1.82, 2.24) is 5.32 Å². The largest absolute Gasteiger partial charge is 0.480 e. The van der Waals surface area contributed by atoms with E-state index in [4.69, 9.17) is 5.11 Å². The Hall–Kier alpha value is -1.36. The summed E-state index contributed by atoms with van der Waals surface area (Å²) < 4.78 is 0. The summed E-state index contributed by atoms with van der Waals surface area (Å²) >= 11 is 3.10. The average Bonchev–Trinajstić information content (AvgIpc) is 2.29. The van der Waals surface area contributed by atoms with Gasteiger partial charge in [0, 0.05) is 6.42 Å². The van der Waals surface area contributed by atoms with E-state index in [0.29, 0.717) is 0 Å². The van der Waals surface area contributed by atoms with Gasteiger partial charge < -0.3 is 10.4 Å². The molecule has 0 bridgehead atoms. The number of carboxylic acid groups (broad SMARTS) is 1. The van der Waals surface area contributed by atoms with Crippen molar-refractivity contribution in [1.29, 1.82) is 0 Å². The number of hydrogen-bond donors (Lipinski definition) is 2. The number of halogens is 1. The van der Waals surface area contributed by atoms with Gasteiger partial charge in [-0.05, 0) is 12.5 Å². The third kappa shape index (κ3) is 4.56. The highest BCUT2D eigenvalue weighted by Crippen LogP contribution is 2.05. The smallest absolute Gasteiger partial charge is 0.326 e. The van der Waals surface area contributed by atoms with Crippen LogP contribution in [0.15, 0.2) is 30.3 Å². The van der Waals surface area contributed by atoms with Crippen LogP contribution in [-0.2, 0) is 16.0 Å². The monoisotopic (exact) mass is 299 g/mol. The van der Waals surface area contributed by atoms with Crippen LogP contribution in [0.25, 0.3) is 0 Å². The maximum Gasteiger partial charge on any atom is 0.326 e. The number of carbonyl (C=O) groups excluding carboxylic acids is 1. The minimum Gasteiger partial charge on any atom is -0.480 e. The Morgan fingerprint density at radius 2 is 1.94 bits per heavy atom. The zero-order chi connectivity index (χ0) is 12.8. The van der Waals surface area contributed by atoms with Crippen LogP contribution in [0.3, 0.4) is 0 Å². The standard InChI is InChI=1S/C12H14BrNO3/c1-8(13)11(15)14-10(12(16)17)7-9-5-3-2-4-6-9/h2-6,8,10H,7H2,1H3,(H,14,15)(H,16,17)/t8?,10-/m1/s1. The van der Waals surface area contributed by atoms with Crippen LogP contribution in [0.5, 0.6) is 0 Å². The second-order valence-electron chi connectivity index (χ2n) is 3.71. The molecule has 0 saturated carbocycles. The van der Waals surface area contributed by atoms with Gasteiger partial charge in [0.15, 0.2) is 0 Å². The number of carboxylic acids is 1. The highest BCUT2D eigenvalue weighted by atomic mass is 79.9. The lowest BCUT2D eigenvalue weighted by atomic mass is 10.1. The number of aliphatic carboxylic acids is 1. The molecule has 0 aliphatic heterocycles. The number of alkyl halides is 1. The first-order chi connectivity index (χ1) is 8.00. The second-order valence-corrected chi connectivity index (χ2v) is 5.08. The number of rotatable bonds is 5. The first-order valence-corrected chi connectivity index (χ1v) is 6.13. The van der Waals surface area contributed by atoms with Crippen molar-refractivity contribution in [3.63, 3.8) is 0 Å². The number of benzene rings is 1. The maximum absolute atomic E-state index is 11.4. The van der Waals surface area contributed by atoms with E-state index >= 15 is 0 Å². The summed E-state index contributed by atoms with van der Waals surface area (Å²) in [6.07, 6.45) is 0.279. The lowest BCUT2D eigenvalue weighted by Gasteiger charge is -2.15. The van der Waals surface area contributed by atoms with Crippen LogP contribution >= 0.6 is 15.9 Å². The summed E-state index contributed by atoms with van der Waals surface area (Å²) in [6, 6.07) is 8.30. The third-order valence-corrected chi connectivity index (χ3v) is 2.67. The van der Waals surface area contributed by atoms with Gasteiger partial charge in [0.25, 0.3) is 0 Å². The second kappa shape index (κ2) is 6.39. The summed E-state index contributed by atoms with van der Waals surface area (Å²) in [5.74, 6) is -1.36. The Balaban J connectivity index is 2.68. The van der Waals surface area contributed by atoms with Crippen molar-refractivity contribution in [3.8, 4) is 0 Å². The predicted octanol–water partition coefficient (Wildman–Crippen LogP) is 1.58. The summed E-state index contributed by atoms with van der Waals surface area (Å²) in [5, 5.41) is 11.5. The highest BCUT2D eigenvalue weighted by molar-refractivity contribution is 9.10. The van der Waals surface area contributed by atoms with E-state index in [0.717, 1.165) is 5.56 Å². The highest BCUT2D eigenvalue weighted by Gasteiger charge is 2.21. The molecule has 2 atom stereocenters. The van der Waals surface area contributed by atoms with Crippen LogP contribution in [0.1, 0.15) is 12.5 Å². The van der Waals surface area contributed by atoms with Crippen molar-refractivity contribution in [2.45, 2.75) is 24.2 Å². The van der Waals surface area contributed by atoms with Crippen molar-refractivity contribution in [2.75, 3.05) is 0 Å². The fraction of sp³-hybridized carbons (Fsp3) is 0.333. The first-order valence-electron chi connectivity index (χ1n) is 5.22. The van der Waals surface area contributed by atoms with Gasteiger partial charge in [-0.2, -0.15) is 0 Å². The van der Waals surface area contributed by atoms with Crippen LogP contribution in [0.4, 0.5) is 0 Å². The Morgan fingerprint density at radius 1 is 1.35 bits per heavy atom. The molecule has 17 heavy (non-hydrogen) atoms. The van der Waals surface area contributed by atoms with Gasteiger partial charge in [0.1, 0.15) is 6.04 Å². The van der Waals surface area contributed by atoms with Crippen molar-refractivity contribution in [3.05, 3.63) is 35.9 Å². The molecule has 0 aromatic heterocycles. The molecular weight excluding hydrogens is 286 g/mol. The number of hydrogen-bond acceptors (Lipinski definition) is 2. The minimum absolute atomic E-state index is 0.279. The molecule has 2 N–H and O–H groups in total. The quantitative estimate of drug-likeness (QED) is 0.811. The Bertz CT molecular complexity index is 392. The fourth-order valence-electron chi connectivity index (χ4n) is 1.34. The van der Waals surface area contributed by atoms with Gasteiger partial charge in [0.2, 0.25) is 5.91 Å². The Labute approximate surface area is 108 Å². The molecule has 1 unspecified atom stereocenters. The zero-order valence-corrected chi connectivity index (χ0v) is 11.0. The van der Waals surface area contributed by atoms with Crippen molar-refractivity contribution < 1.29 is 14.7 Å². The third-order valence-electron chi connectivity index (χ3n) is 2.26. The van der Waals surface area contributed by atoms with Gasteiger partial charge >= 0.3 is 5.97 Å². The molecule has 0 radical (unpaired) electrons. The molecule has 92 valence electrons. The van der Waals surface area contributed by atoms with Crippen LogP contribution in [-0.4, -0.2) is 27.9 Å². The molecule has 1 aromatic carbocycles. The summed E-state index contributed by atoms with van der Waals surface area (Å²) in [7, 11) is 0. The lowest BCUT2D eigenvalue weighted by molar-refractivity contribution is -0.141. The molecule has 0 spiro atoms. The molecular formula is C12H14BrNO3. The average molecular weight is 300 g/mol. The van der Waals surface area contributed by atoms with Crippen molar-refractivity contribution >= 4 is 27.8 Å². The first kappa shape index (κ1) is 13.7. The minimum atomic E-state index is -1.03. The van der Waals surface area contributed by atoms with E-state index in [2.05, 4.69) is 21.2 Å². The molecule has 1 amide bonds. The van der Waals surface area contributed by atoms with E-state index in [1.54, 1.807) is 6.92 Å². The number of carbonyl (C=O) groups is 2. The number of amides is 1. The maximum atomic E-state index is 11.4. The Morgan fingerprint density at radius 3 is 2.41 bits per heavy atom. The van der Waals surface area contributed by atoms with E-state index in [9.17, 15) is 9.59 Å². The normalized spacial score (nSPS) is 13.8. The summed E-state index contributed by atoms with van der Waals surface area (Å²) in [6.45, 7) is 1.65. The molecule has 0 heterocycles. The van der Waals surface area contributed by atoms with Crippen LogP contribution in [0.2, 0.25) is 0 Å². The van der Waals surface area contributed by atoms with Gasteiger partial charge in [-0.15, -0.1) is 0 Å². The SMILES string of the molecule is CC(Br)C(=O)N[C@H](Cc1ccccc1)C(=O)O. The van der Waals surface area contributed by atoms with E-state index < -0.39 is 16.8 Å². The molecule has 0 fully saturated rings. The Kier molecular flexibility index (Phi) is 5.15. The van der Waals surface area contributed by atoms with Gasteiger partial charge in [0.05, 0.1) is 4.83 Å². The van der Waals surface area contributed by atoms with Crippen LogP contribution in [0, 0.1) is 0 Å². The lowest BCUT2D eigenvalue weighted by Crippen LogP contribution is -2.44. The summed E-state index contributed by atoms with van der Waals surface area (Å²) in [5.41, 5.74) is 0.877. The van der Waals surface area contributed by atoms with Crippen molar-refractivity contribution in [2.24, 2.45) is 0 Å². The molecule has 1 rings (SSSR count). The van der Waals surface area contributed by atoms with Gasteiger partial charge in [-0.1, -0.05) is 46.3 Å².